The summed E-state index contributed by atoms with van der Waals surface area (Å²) in [7, 11) is 0. The number of ketones is 1. The van der Waals surface area contributed by atoms with E-state index in [1.54, 1.807) is 0 Å². The van der Waals surface area contributed by atoms with Crippen molar-refractivity contribution in [2.45, 2.75) is 64.7 Å². The molecule has 0 bridgehead atoms. The van der Waals surface area contributed by atoms with Crippen LogP contribution in [0.2, 0.25) is 0 Å². The molecule has 1 aromatic carbocycles. The number of hydrogen-bond acceptors (Lipinski definition) is 1. The molecule has 112 valence electrons. The number of carbonyl (C=O) groups is 1. The molecule has 1 fully saturated rings. The highest BCUT2D eigenvalue weighted by molar-refractivity contribution is 5.83. The van der Waals surface area contributed by atoms with Gasteiger partial charge >= 0.3 is 0 Å². The second-order valence-electron chi connectivity index (χ2n) is 6.07. The van der Waals surface area contributed by atoms with E-state index in [-0.39, 0.29) is 5.92 Å². The number of rotatable bonds is 6. The Bertz CT molecular complexity index is 501. The maximum Gasteiger partial charge on any atom is 0.136 e. The first-order valence-corrected chi connectivity index (χ1v) is 8.40. The van der Waals surface area contributed by atoms with Crippen molar-refractivity contribution in [2.24, 2.45) is 5.92 Å². The van der Waals surface area contributed by atoms with Crippen LogP contribution in [0, 0.1) is 17.8 Å². The molecule has 1 saturated carbocycles. The highest BCUT2D eigenvalue weighted by Gasteiger charge is 2.24. The number of benzene rings is 1. The van der Waals surface area contributed by atoms with Crippen LogP contribution in [0.5, 0.6) is 0 Å². The molecule has 0 aromatic heterocycles. The number of carbonyl (C=O) groups excluding carboxylic acids is 1. The third kappa shape index (κ3) is 5.38. The zero-order valence-corrected chi connectivity index (χ0v) is 13.2. The minimum atomic E-state index is 0.264. The van der Waals surface area contributed by atoms with Crippen molar-refractivity contribution >= 4 is 5.78 Å². The summed E-state index contributed by atoms with van der Waals surface area (Å²) in [6, 6.07) is 8.45. The van der Waals surface area contributed by atoms with Gasteiger partial charge in [-0.05, 0) is 43.4 Å². The average molecular weight is 282 g/mol. The molecule has 0 N–H and O–H groups in total. The molecule has 0 spiro atoms. The molecular formula is C20H26O. The van der Waals surface area contributed by atoms with Gasteiger partial charge < -0.3 is 0 Å². The molecule has 1 heteroatoms. The van der Waals surface area contributed by atoms with Crippen LogP contribution in [0.4, 0.5) is 0 Å². The van der Waals surface area contributed by atoms with Crippen LogP contribution in [-0.4, -0.2) is 5.78 Å². The van der Waals surface area contributed by atoms with Gasteiger partial charge in [-0.1, -0.05) is 50.2 Å². The molecule has 0 saturated heterocycles. The molecule has 1 atom stereocenters. The molecule has 0 radical (unpaired) electrons. The first kappa shape index (κ1) is 15.8. The molecule has 0 heterocycles. The Hall–Kier alpha value is -1.55. The van der Waals surface area contributed by atoms with Crippen molar-refractivity contribution in [2.75, 3.05) is 0 Å². The second kappa shape index (κ2) is 8.67. The summed E-state index contributed by atoms with van der Waals surface area (Å²) in [4.78, 5) is 11.7. The molecule has 21 heavy (non-hydrogen) atoms. The zero-order valence-electron chi connectivity index (χ0n) is 13.2. The SMILES string of the molecule is CCCCCCC#Cc1ccc(C[C@H]2CCCC2=O)cc1. The lowest BCUT2D eigenvalue weighted by Crippen LogP contribution is -2.09. The maximum absolute atomic E-state index is 11.7. The highest BCUT2D eigenvalue weighted by atomic mass is 16.1. The van der Waals surface area contributed by atoms with Gasteiger partial charge in [-0.3, -0.25) is 4.79 Å². The Morgan fingerprint density at radius 1 is 1.14 bits per heavy atom. The number of hydrogen-bond donors (Lipinski definition) is 0. The summed E-state index contributed by atoms with van der Waals surface area (Å²) >= 11 is 0. The van der Waals surface area contributed by atoms with E-state index < -0.39 is 0 Å². The summed E-state index contributed by atoms with van der Waals surface area (Å²) < 4.78 is 0. The first-order valence-electron chi connectivity index (χ1n) is 8.40. The van der Waals surface area contributed by atoms with Gasteiger partial charge in [0.15, 0.2) is 0 Å². The van der Waals surface area contributed by atoms with E-state index in [1.807, 2.05) is 0 Å². The van der Waals surface area contributed by atoms with Crippen LogP contribution in [0.1, 0.15) is 69.4 Å². The Kier molecular flexibility index (Phi) is 6.54. The summed E-state index contributed by atoms with van der Waals surface area (Å²) in [5, 5.41) is 0. The number of unbranched alkanes of at least 4 members (excludes halogenated alkanes) is 4. The van der Waals surface area contributed by atoms with Gasteiger partial charge in [0.25, 0.3) is 0 Å². The fourth-order valence-electron chi connectivity index (χ4n) is 2.92. The lowest BCUT2D eigenvalue weighted by Gasteiger charge is -2.07. The summed E-state index contributed by atoms with van der Waals surface area (Å²) in [5.74, 6) is 7.20. The van der Waals surface area contributed by atoms with Crippen LogP contribution in [0.3, 0.4) is 0 Å². The fraction of sp³-hybridized carbons (Fsp3) is 0.550. The zero-order chi connectivity index (χ0) is 14.9. The Balaban J connectivity index is 1.79. The summed E-state index contributed by atoms with van der Waals surface area (Å²) in [6.45, 7) is 2.23. The van der Waals surface area contributed by atoms with Crippen LogP contribution in [-0.2, 0) is 11.2 Å². The molecule has 1 aromatic rings. The van der Waals surface area contributed by atoms with E-state index in [4.69, 9.17) is 0 Å². The molecule has 0 amide bonds. The van der Waals surface area contributed by atoms with Crippen LogP contribution < -0.4 is 0 Å². The average Bonchev–Trinajstić information content (AvgIpc) is 2.90. The quantitative estimate of drug-likeness (QED) is 0.534. The summed E-state index contributed by atoms with van der Waals surface area (Å²) in [5.41, 5.74) is 2.36. The van der Waals surface area contributed by atoms with Crippen molar-refractivity contribution in [3.8, 4) is 11.8 Å². The topological polar surface area (TPSA) is 17.1 Å². The van der Waals surface area contributed by atoms with Crippen LogP contribution in [0.15, 0.2) is 24.3 Å². The molecule has 0 aliphatic heterocycles. The van der Waals surface area contributed by atoms with Crippen molar-refractivity contribution in [3.63, 3.8) is 0 Å². The van der Waals surface area contributed by atoms with E-state index in [0.29, 0.717) is 5.78 Å². The largest absolute Gasteiger partial charge is 0.299 e. The standard InChI is InChI=1S/C20H26O/c1-2-3-4-5-6-7-9-17-12-14-18(15-13-17)16-19-10-8-11-20(19)21/h12-15,19H,2-6,8,10-11,16H2,1H3/t19-/m1/s1. The van der Waals surface area contributed by atoms with Gasteiger partial charge in [0.05, 0.1) is 0 Å². The highest BCUT2D eigenvalue weighted by Crippen LogP contribution is 2.25. The Morgan fingerprint density at radius 2 is 1.95 bits per heavy atom. The lowest BCUT2D eigenvalue weighted by atomic mass is 9.96. The first-order chi connectivity index (χ1) is 10.3. The monoisotopic (exact) mass is 282 g/mol. The normalized spacial score (nSPS) is 17.6. The summed E-state index contributed by atoms with van der Waals surface area (Å²) in [6.07, 6.45) is 9.92. The molecule has 2 rings (SSSR count). The second-order valence-corrected chi connectivity index (χ2v) is 6.07. The van der Waals surface area contributed by atoms with Crippen LogP contribution in [0.25, 0.3) is 0 Å². The van der Waals surface area contributed by atoms with Crippen molar-refractivity contribution in [1.29, 1.82) is 0 Å². The Labute approximate surface area is 129 Å². The van der Waals surface area contributed by atoms with Gasteiger partial charge in [0.1, 0.15) is 5.78 Å². The minimum Gasteiger partial charge on any atom is -0.299 e. The maximum atomic E-state index is 11.7. The molecule has 1 nitrogen and oxygen atoms in total. The van der Waals surface area contributed by atoms with Gasteiger partial charge in [-0.15, -0.1) is 0 Å². The van der Waals surface area contributed by atoms with Crippen molar-refractivity contribution in [3.05, 3.63) is 35.4 Å². The van der Waals surface area contributed by atoms with Crippen LogP contribution >= 0.6 is 0 Å². The van der Waals surface area contributed by atoms with Gasteiger partial charge in [-0.25, -0.2) is 0 Å². The minimum absolute atomic E-state index is 0.264. The number of Topliss-reactive ketones (excluding diaryl/α,β-unsaturated/α-hetero) is 1. The third-order valence-electron chi connectivity index (χ3n) is 4.26. The van der Waals surface area contributed by atoms with Gasteiger partial charge in [-0.2, -0.15) is 0 Å². The van der Waals surface area contributed by atoms with E-state index in [0.717, 1.165) is 37.7 Å². The Morgan fingerprint density at radius 3 is 2.62 bits per heavy atom. The van der Waals surface area contributed by atoms with Crippen molar-refractivity contribution in [1.82, 2.24) is 0 Å². The van der Waals surface area contributed by atoms with Gasteiger partial charge in [0, 0.05) is 24.3 Å². The lowest BCUT2D eigenvalue weighted by molar-refractivity contribution is -0.120. The van der Waals surface area contributed by atoms with E-state index >= 15 is 0 Å². The predicted molar refractivity (Wildman–Crippen MR) is 88.1 cm³/mol. The molecular weight excluding hydrogens is 256 g/mol. The fourth-order valence-corrected chi connectivity index (χ4v) is 2.92. The molecule has 1 aliphatic rings. The molecule has 1 aliphatic carbocycles. The van der Waals surface area contributed by atoms with E-state index in [2.05, 4.69) is 43.0 Å². The smallest absolute Gasteiger partial charge is 0.136 e. The predicted octanol–water partition coefficient (Wildman–Crippen LogP) is 4.92. The van der Waals surface area contributed by atoms with E-state index in [9.17, 15) is 4.79 Å². The third-order valence-corrected chi connectivity index (χ3v) is 4.26. The molecule has 0 unspecified atom stereocenters. The van der Waals surface area contributed by atoms with Gasteiger partial charge in [0.2, 0.25) is 0 Å². The van der Waals surface area contributed by atoms with E-state index in [1.165, 1.54) is 31.2 Å². The van der Waals surface area contributed by atoms with Crippen molar-refractivity contribution < 1.29 is 4.79 Å².